The average molecular weight is 208 g/mol. The number of hydrogen-bond donors (Lipinski definition) is 0. The van der Waals surface area contributed by atoms with Crippen molar-refractivity contribution < 1.29 is 0 Å². The van der Waals surface area contributed by atoms with Gasteiger partial charge in [0.05, 0.1) is 0 Å². The van der Waals surface area contributed by atoms with Crippen LogP contribution in [0.2, 0.25) is 0 Å². The van der Waals surface area contributed by atoms with E-state index >= 15 is 0 Å². The van der Waals surface area contributed by atoms with Gasteiger partial charge in [-0.05, 0) is 0 Å². The molecule has 3 heteroatoms. The third kappa shape index (κ3) is 2.33. The van der Waals surface area contributed by atoms with Crippen LogP contribution in [0.3, 0.4) is 0 Å². The van der Waals surface area contributed by atoms with Crippen molar-refractivity contribution >= 4 is 22.2 Å². The molecule has 2 nitrogen and oxygen atoms in total. The van der Waals surface area contributed by atoms with Crippen LogP contribution in [-0.4, -0.2) is 16.5 Å². The molecule has 0 fully saturated rings. The van der Waals surface area contributed by atoms with E-state index in [0.717, 1.165) is 16.8 Å². The fourth-order valence-electron chi connectivity index (χ4n) is 1.48. The van der Waals surface area contributed by atoms with Gasteiger partial charge in [-0.25, -0.2) is 0 Å². The van der Waals surface area contributed by atoms with Crippen LogP contribution < -0.4 is 0 Å². The first-order chi connectivity index (χ1) is 7.42. The second-order valence-corrected chi connectivity index (χ2v) is 3.33. The zero-order valence-electron chi connectivity index (χ0n) is 8.17. The van der Waals surface area contributed by atoms with Crippen molar-refractivity contribution in [2.75, 3.05) is 0 Å². The van der Waals surface area contributed by atoms with Gasteiger partial charge in [-0.15, -0.1) is 0 Å². The molecule has 15 heavy (non-hydrogen) atoms. The van der Waals surface area contributed by atoms with Crippen LogP contribution in [0, 0.1) is 0 Å². The molecule has 2 aromatic carbocycles. The summed E-state index contributed by atoms with van der Waals surface area (Å²) >= 11 is 2.25. The maximum atomic E-state index is 4.07. The van der Waals surface area contributed by atoms with Crippen LogP contribution in [-0.2, 0) is 0 Å². The maximum absolute atomic E-state index is 4.07. The molecule has 0 heterocycles. The molecule has 0 aromatic heterocycles. The van der Waals surface area contributed by atoms with Crippen LogP contribution in [0.15, 0.2) is 63.8 Å². The summed E-state index contributed by atoms with van der Waals surface area (Å²) in [6, 6.07) is 18.1. The van der Waals surface area contributed by atoms with Crippen LogP contribution in [0.25, 0.3) is 11.1 Å². The molecule has 0 aliphatic rings. The molecule has 0 atom stereocenters. The van der Waals surface area contributed by atoms with Gasteiger partial charge in [0.1, 0.15) is 0 Å². The summed E-state index contributed by atoms with van der Waals surface area (Å²) in [6.07, 6.45) is 0. The summed E-state index contributed by atoms with van der Waals surface area (Å²) in [5.41, 5.74) is 3.15. The molecule has 0 aliphatic heterocycles. The molecule has 0 radical (unpaired) electrons. The van der Waals surface area contributed by atoms with Crippen LogP contribution in [0.1, 0.15) is 0 Å². The molecule has 0 saturated carbocycles. The fraction of sp³-hybridized carbons (Fsp3) is 0. The van der Waals surface area contributed by atoms with Gasteiger partial charge in [0, 0.05) is 0 Å². The summed E-state index contributed by atoms with van der Waals surface area (Å²) in [5, 5.41) is 4.07. The van der Waals surface area contributed by atoms with Gasteiger partial charge >= 0.3 is 97.1 Å². The standard InChI is InChI=1S/C12H9N2.Al/c13-14-12-9-5-4-8-11(12)10-6-2-1-3-7-10;/h1-9H;/q-1;+3. The van der Waals surface area contributed by atoms with E-state index in [0.29, 0.717) is 0 Å². The quantitative estimate of drug-likeness (QED) is 0.533. The predicted molar refractivity (Wildman–Crippen MR) is 62.1 cm³/mol. The van der Waals surface area contributed by atoms with Gasteiger partial charge in [-0.1, -0.05) is 0 Å². The molecule has 0 aliphatic carbocycles. The van der Waals surface area contributed by atoms with Gasteiger partial charge in [0.15, 0.2) is 0 Å². The molecule has 0 N–H and O–H groups in total. The summed E-state index contributed by atoms with van der Waals surface area (Å²) in [4.78, 5) is 0. The van der Waals surface area contributed by atoms with Gasteiger partial charge in [0.25, 0.3) is 0 Å². The van der Waals surface area contributed by atoms with Crippen molar-refractivity contribution in [3.05, 3.63) is 54.6 Å². The second kappa shape index (κ2) is 4.88. The Balaban J connectivity index is 2.53. The first-order valence-corrected chi connectivity index (χ1v) is 5.19. The van der Waals surface area contributed by atoms with E-state index < -0.39 is 0 Å². The number of nitrogens with zero attached hydrogens (tertiary/aromatic N) is 2. The van der Waals surface area contributed by atoms with Gasteiger partial charge < -0.3 is 0 Å². The van der Waals surface area contributed by atoms with Crippen LogP contribution >= 0.6 is 0 Å². The zero-order valence-corrected chi connectivity index (χ0v) is 9.32. The number of hydrogen-bond acceptors (Lipinski definition) is 2. The van der Waals surface area contributed by atoms with Crippen molar-refractivity contribution in [3.8, 4) is 11.1 Å². The minimum atomic E-state index is 0.888. The molecule has 0 unspecified atom stereocenters. The predicted octanol–water partition coefficient (Wildman–Crippen LogP) is 3.52. The number of rotatable bonds is 2. The summed E-state index contributed by atoms with van der Waals surface area (Å²) in [5.74, 6) is 0. The van der Waals surface area contributed by atoms with Crippen molar-refractivity contribution in [3.63, 3.8) is 0 Å². The molecule has 0 spiro atoms. The Morgan fingerprint density at radius 2 is 1.47 bits per heavy atom. The third-order valence-corrected chi connectivity index (χ3v) is 2.27. The van der Waals surface area contributed by atoms with E-state index in [9.17, 15) is 0 Å². The fourth-order valence-corrected chi connectivity index (χ4v) is 1.61. The number of benzene rings is 2. The van der Waals surface area contributed by atoms with Crippen LogP contribution in [0.5, 0.6) is 0 Å². The summed E-state index contributed by atoms with van der Waals surface area (Å²) in [6.45, 7) is 0. The van der Waals surface area contributed by atoms with Crippen molar-refractivity contribution in [2.45, 2.75) is 0 Å². The van der Waals surface area contributed by atoms with Gasteiger partial charge in [-0.3, -0.25) is 0 Å². The molecule has 2 rings (SSSR count). The topological polar surface area (TPSA) is 24.7 Å². The average Bonchev–Trinajstić information content (AvgIpc) is 2.31. The monoisotopic (exact) mass is 208 g/mol. The Labute approximate surface area is 97.3 Å². The second-order valence-electron chi connectivity index (χ2n) is 3.10. The molecule has 68 valence electrons. The Kier molecular flexibility index (Phi) is 3.29. The Morgan fingerprint density at radius 1 is 0.800 bits per heavy atom. The van der Waals surface area contributed by atoms with Crippen molar-refractivity contribution in [1.82, 2.24) is 0 Å². The molecule has 2 aromatic rings. The van der Waals surface area contributed by atoms with Gasteiger partial charge in [-0.2, -0.15) is 0 Å². The first kappa shape index (κ1) is 10.1. The Bertz CT molecular complexity index is 466. The Hall–Kier alpha value is -1.43. The summed E-state index contributed by atoms with van der Waals surface area (Å²) in [7, 11) is 0. The Morgan fingerprint density at radius 3 is 2.20 bits per heavy atom. The molecular formula is C12H9AlN2+2. The van der Waals surface area contributed by atoms with Gasteiger partial charge in [0.2, 0.25) is 0 Å². The molecule has 0 bridgehead atoms. The normalized spacial score (nSPS) is 10.8. The van der Waals surface area contributed by atoms with E-state index in [1.165, 1.54) is 0 Å². The first-order valence-electron chi connectivity index (χ1n) is 4.67. The van der Waals surface area contributed by atoms with E-state index in [-0.39, 0.29) is 0 Å². The SMILES string of the molecule is [Al+2][N]=Nc1ccccc1-c1ccccc1. The molecular weight excluding hydrogens is 199 g/mol. The van der Waals surface area contributed by atoms with E-state index in [1.54, 1.807) is 0 Å². The summed E-state index contributed by atoms with van der Waals surface area (Å²) < 4.78 is 3.73. The molecule has 0 saturated heterocycles. The zero-order chi connectivity index (χ0) is 10.5. The van der Waals surface area contributed by atoms with E-state index in [2.05, 4.69) is 37.9 Å². The van der Waals surface area contributed by atoms with Crippen molar-refractivity contribution in [2.24, 2.45) is 9.21 Å². The molecule has 0 amide bonds. The van der Waals surface area contributed by atoms with Crippen LogP contribution in [0.4, 0.5) is 5.69 Å². The van der Waals surface area contributed by atoms with E-state index in [1.807, 2.05) is 42.5 Å². The minimum absolute atomic E-state index is 0.888. The van der Waals surface area contributed by atoms with Crippen molar-refractivity contribution in [1.29, 1.82) is 0 Å². The van der Waals surface area contributed by atoms with E-state index in [4.69, 9.17) is 0 Å². The third-order valence-electron chi connectivity index (χ3n) is 2.15.